The number of benzene rings is 1. The number of aryl methyl sites for hydroxylation is 1. The fraction of sp³-hybridized carbons (Fsp3) is 0.158. The molecule has 0 aliphatic carbocycles. The average molecular weight is 422 g/mol. The molecule has 11 heteroatoms. The van der Waals surface area contributed by atoms with E-state index >= 15 is 0 Å². The van der Waals surface area contributed by atoms with E-state index in [0.29, 0.717) is 5.69 Å². The molecule has 0 unspecified atom stereocenters. The van der Waals surface area contributed by atoms with Gasteiger partial charge in [0.15, 0.2) is 5.69 Å². The van der Waals surface area contributed by atoms with Gasteiger partial charge in [-0.05, 0) is 47.1 Å². The Morgan fingerprint density at radius 1 is 1.23 bits per heavy atom. The van der Waals surface area contributed by atoms with Crippen molar-refractivity contribution < 1.29 is 9.42 Å². The van der Waals surface area contributed by atoms with E-state index in [1.54, 1.807) is 0 Å². The highest BCUT2D eigenvalue weighted by Gasteiger charge is 2.25. The van der Waals surface area contributed by atoms with Crippen molar-refractivity contribution in [3.05, 3.63) is 59.1 Å². The van der Waals surface area contributed by atoms with E-state index < -0.39 is 5.91 Å². The number of amides is 1. The van der Waals surface area contributed by atoms with Crippen LogP contribution in [0, 0.1) is 0 Å². The highest BCUT2D eigenvalue weighted by atomic mass is 32.1. The summed E-state index contributed by atoms with van der Waals surface area (Å²) in [5, 5.41) is 21.4. The zero-order chi connectivity index (χ0) is 20.9. The number of carbonyl (C=O) groups excluding carboxylic acids is 1. The van der Waals surface area contributed by atoms with E-state index in [9.17, 15) is 4.79 Å². The average Bonchev–Trinajstić information content (AvgIpc) is 3.51. The summed E-state index contributed by atoms with van der Waals surface area (Å²) in [5.74, 6) is -0.286. The Morgan fingerprint density at radius 2 is 2.07 bits per heavy atom. The number of hydrazone groups is 1. The van der Waals surface area contributed by atoms with Gasteiger partial charge in [-0.2, -0.15) is 9.78 Å². The Labute approximate surface area is 175 Å². The number of hydrogen-bond donors (Lipinski definition) is 2. The van der Waals surface area contributed by atoms with Crippen LogP contribution in [0.2, 0.25) is 0 Å². The number of carbonyl (C=O) groups is 1. The molecule has 10 nitrogen and oxygen atoms in total. The molecule has 4 aromatic rings. The lowest BCUT2D eigenvalue weighted by Crippen LogP contribution is -2.20. The molecular weight excluding hydrogens is 404 g/mol. The predicted molar refractivity (Wildman–Crippen MR) is 112 cm³/mol. The molecule has 0 saturated heterocycles. The fourth-order valence-electron chi connectivity index (χ4n) is 2.78. The number of nitrogens with two attached hydrogens (primary N) is 1. The van der Waals surface area contributed by atoms with Gasteiger partial charge in [0.1, 0.15) is 5.69 Å². The Balaban J connectivity index is 1.54. The van der Waals surface area contributed by atoms with Crippen LogP contribution < -0.4 is 11.2 Å². The summed E-state index contributed by atoms with van der Waals surface area (Å²) in [4.78, 5) is 13.5. The van der Waals surface area contributed by atoms with Crippen LogP contribution in [0.4, 0.5) is 5.82 Å². The molecule has 0 fully saturated rings. The van der Waals surface area contributed by atoms with Crippen LogP contribution in [0.15, 0.2) is 57.6 Å². The highest BCUT2D eigenvalue weighted by Crippen LogP contribution is 2.29. The van der Waals surface area contributed by atoms with Crippen molar-refractivity contribution in [1.82, 2.24) is 30.7 Å². The summed E-state index contributed by atoms with van der Waals surface area (Å²) in [5.41, 5.74) is 10.9. The number of thiophene rings is 1. The summed E-state index contributed by atoms with van der Waals surface area (Å²) in [6.45, 7) is 1.86. The standard InChI is InChI=1S/C19H18N8O2S/c1-12(9-10-13-6-3-2-4-7-13)21-23-19(28)15-16(14-8-5-11-30-14)27(26-22-15)18-17(20)24-29-25-18/h2-8,11H,9-10H2,1H3,(H2,20,24)(H,23,28)/b21-12+. The quantitative estimate of drug-likeness (QED) is 0.345. The summed E-state index contributed by atoms with van der Waals surface area (Å²) in [6.07, 6.45) is 1.55. The third-order valence-electron chi connectivity index (χ3n) is 4.30. The summed E-state index contributed by atoms with van der Waals surface area (Å²) >= 11 is 1.42. The van der Waals surface area contributed by atoms with E-state index in [-0.39, 0.29) is 17.3 Å². The smallest absolute Gasteiger partial charge is 0.294 e. The van der Waals surface area contributed by atoms with Crippen molar-refractivity contribution in [3.63, 3.8) is 0 Å². The molecular formula is C19H18N8O2S. The first kappa shape index (κ1) is 19.5. The van der Waals surface area contributed by atoms with E-state index in [1.165, 1.54) is 21.6 Å². The minimum absolute atomic E-state index is 0.0411. The first-order chi connectivity index (χ1) is 14.6. The summed E-state index contributed by atoms with van der Waals surface area (Å²) < 4.78 is 5.98. The number of hydrogen-bond acceptors (Lipinski definition) is 9. The molecule has 1 amide bonds. The van der Waals surface area contributed by atoms with E-state index in [4.69, 9.17) is 5.73 Å². The molecule has 0 aliphatic heterocycles. The molecule has 0 bridgehead atoms. The first-order valence-electron chi connectivity index (χ1n) is 9.09. The van der Waals surface area contributed by atoms with E-state index in [2.05, 4.69) is 47.9 Å². The van der Waals surface area contributed by atoms with Crippen LogP contribution in [0.5, 0.6) is 0 Å². The Kier molecular flexibility index (Phi) is 5.61. The van der Waals surface area contributed by atoms with Crippen molar-refractivity contribution >= 4 is 28.8 Å². The van der Waals surface area contributed by atoms with Crippen LogP contribution in [-0.2, 0) is 6.42 Å². The summed E-state index contributed by atoms with van der Waals surface area (Å²) in [6, 6.07) is 13.8. The maximum Gasteiger partial charge on any atom is 0.294 e. The Morgan fingerprint density at radius 3 is 2.77 bits per heavy atom. The van der Waals surface area contributed by atoms with Gasteiger partial charge in [0.25, 0.3) is 5.91 Å². The second kappa shape index (κ2) is 8.66. The molecule has 1 aromatic carbocycles. The van der Waals surface area contributed by atoms with Gasteiger partial charge in [-0.3, -0.25) is 4.79 Å². The van der Waals surface area contributed by atoms with Gasteiger partial charge in [0.05, 0.1) is 4.88 Å². The Bertz CT molecular complexity index is 1160. The molecule has 0 spiro atoms. The monoisotopic (exact) mass is 422 g/mol. The molecule has 4 rings (SSSR count). The van der Waals surface area contributed by atoms with E-state index in [1.807, 2.05) is 42.6 Å². The maximum atomic E-state index is 12.8. The van der Waals surface area contributed by atoms with Crippen molar-refractivity contribution in [2.45, 2.75) is 19.8 Å². The number of rotatable bonds is 7. The molecule has 3 heterocycles. The minimum Gasteiger partial charge on any atom is -0.378 e. The third-order valence-corrected chi connectivity index (χ3v) is 5.18. The maximum absolute atomic E-state index is 12.8. The van der Waals surface area contributed by atoms with Gasteiger partial charge in [-0.1, -0.05) is 41.6 Å². The van der Waals surface area contributed by atoms with Crippen LogP contribution >= 0.6 is 11.3 Å². The van der Waals surface area contributed by atoms with Crippen LogP contribution in [0.3, 0.4) is 0 Å². The first-order valence-corrected chi connectivity index (χ1v) is 9.97. The van der Waals surface area contributed by atoms with Gasteiger partial charge < -0.3 is 5.73 Å². The molecule has 3 aromatic heterocycles. The van der Waals surface area contributed by atoms with Crippen LogP contribution in [-0.4, -0.2) is 36.9 Å². The molecule has 0 aliphatic rings. The second-order valence-electron chi connectivity index (χ2n) is 6.42. The Hall–Kier alpha value is -3.86. The number of anilines is 1. The fourth-order valence-corrected chi connectivity index (χ4v) is 3.54. The number of nitrogen functional groups attached to an aromatic ring is 1. The topological polar surface area (TPSA) is 137 Å². The van der Waals surface area contributed by atoms with Gasteiger partial charge >= 0.3 is 0 Å². The largest absolute Gasteiger partial charge is 0.378 e. The van der Waals surface area contributed by atoms with Crippen molar-refractivity contribution in [2.75, 3.05) is 5.73 Å². The van der Waals surface area contributed by atoms with Crippen LogP contribution in [0.1, 0.15) is 29.4 Å². The lowest BCUT2D eigenvalue weighted by atomic mass is 10.1. The lowest BCUT2D eigenvalue weighted by molar-refractivity contribution is 0.0950. The van der Waals surface area contributed by atoms with Crippen molar-refractivity contribution in [2.24, 2.45) is 5.10 Å². The molecule has 0 saturated carbocycles. The van der Waals surface area contributed by atoms with Crippen molar-refractivity contribution in [1.29, 1.82) is 0 Å². The zero-order valence-corrected chi connectivity index (χ0v) is 16.8. The lowest BCUT2D eigenvalue weighted by Gasteiger charge is -2.04. The second-order valence-corrected chi connectivity index (χ2v) is 7.37. The highest BCUT2D eigenvalue weighted by molar-refractivity contribution is 7.13. The molecule has 0 radical (unpaired) electrons. The predicted octanol–water partition coefficient (Wildman–Crippen LogP) is 2.70. The zero-order valence-electron chi connectivity index (χ0n) is 16.0. The van der Waals surface area contributed by atoms with E-state index in [0.717, 1.165) is 23.4 Å². The van der Waals surface area contributed by atoms with Gasteiger partial charge in [0, 0.05) is 5.71 Å². The van der Waals surface area contributed by atoms with Crippen LogP contribution in [0.25, 0.3) is 16.4 Å². The molecule has 3 N–H and O–H groups in total. The van der Waals surface area contributed by atoms with Gasteiger partial charge in [-0.25, -0.2) is 10.1 Å². The number of aromatic nitrogens is 5. The van der Waals surface area contributed by atoms with Crippen molar-refractivity contribution in [3.8, 4) is 16.4 Å². The van der Waals surface area contributed by atoms with Gasteiger partial charge in [-0.15, -0.1) is 16.4 Å². The SMILES string of the molecule is C/C(CCc1ccccc1)=N\NC(=O)c1nnn(-c2nonc2N)c1-c1cccs1. The third kappa shape index (κ3) is 4.10. The molecule has 30 heavy (non-hydrogen) atoms. The molecule has 152 valence electrons. The normalized spacial score (nSPS) is 11.6. The number of nitrogens with one attached hydrogen (secondary N) is 1. The molecule has 0 atom stereocenters. The minimum atomic E-state index is -0.487. The van der Waals surface area contributed by atoms with Gasteiger partial charge in [0.2, 0.25) is 11.6 Å². The summed E-state index contributed by atoms with van der Waals surface area (Å²) in [7, 11) is 0. The number of nitrogens with zero attached hydrogens (tertiary/aromatic N) is 6.